The zero-order valence-electron chi connectivity index (χ0n) is 16.1. The maximum atomic E-state index is 12.4. The normalized spacial score (nSPS) is 15.2. The summed E-state index contributed by atoms with van der Waals surface area (Å²) >= 11 is 0. The number of nitrogens with zero attached hydrogens (tertiary/aromatic N) is 3. The van der Waals surface area contributed by atoms with E-state index in [1.165, 1.54) is 18.2 Å². The molecule has 156 valence electrons. The molecule has 30 heavy (non-hydrogen) atoms. The predicted molar refractivity (Wildman–Crippen MR) is 105 cm³/mol. The summed E-state index contributed by atoms with van der Waals surface area (Å²) in [4.78, 5) is 16.3. The van der Waals surface area contributed by atoms with Crippen LogP contribution in [-0.2, 0) is 11.3 Å². The van der Waals surface area contributed by atoms with Crippen LogP contribution in [0.25, 0.3) is 6.08 Å². The number of benzene rings is 2. The molecule has 2 aromatic rings. The molecule has 5 nitrogen and oxygen atoms in total. The third-order valence-electron chi connectivity index (χ3n) is 4.73. The molecule has 1 amide bonds. The number of hydrogen-bond donors (Lipinski definition) is 0. The van der Waals surface area contributed by atoms with Crippen molar-refractivity contribution in [1.82, 2.24) is 9.80 Å². The minimum atomic E-state index is -4.70. The van der Waals surface area contributed by atoms with Gasteiger partial charge in [-0.25, -0.2) is 0 Å². The van der Waals surface area contributed by atoms with Crippen molar-refractivity contribution in [3.05, 3.63) is 71.3 Å². The van der Waals surface area contributed by atoms with E-state index in [4.69, 9.17) is 5.26 Å². The van der Waals surface area contributed by atoms with Gasteiger partial charge in [0, 0.05) is 38.8 Å². The average molecular weight is 415 g/mol. The van der Waals surface area contributed by atoms with Gasteiger partial charge < -0.3 is 9.64 Å². The number of rotatable bonds is 5. The Kier molecular flexibility index (Phi) is 6.75. The monoisotopic (exact) mass is 415 g/mol. The van der Waals surface area contributed by atoms with Gasteiger partial charge in [-0.2, -0.15) is 5.26 Å². The first-order valence-corrected chi connectivity index (χ1v) is 9.37. The number of halogens is 3. The van der Waals surface area contributed by atoms with Crippen LogP contribution in [0.2, 0.25) is 0 Å². The Bertz CT molecular complexity index is 941. The summed E-state index contributed by atoms with van der Waals surface area (Å²) in [5, 5.41) is 9.11. The van der Waals surface area contributed by atoms with E-state index >= 15 is 0 Å². The molecule has 0 unspecified atom stereocenters. The zero-order chi connectivity index (χ0) is 21.6. The molecule has 0 bridgehead atoms. The van der Waals surface area contributed by atoms with Crippen molar-refractivity contribution in [2.75, 3.05) is 26.2 Å². The van der Waals surface area contributed by atoms with Crippen molar-refractivity contribution in [3.63, 3.8) is 0 Å². The topological polar surface area (TPSA) is 56.6 Å². The maximum Gasteiger partial charge on any atom is 0.573 e. The Morgan fingerprint density at radius 1 is 1.07 bits per heavy atom. The number of carbonyl (C=O) groups excluding carboxylic acids is 1. The Labute approximate surface area is 172 Å². The first-order valence-electron chi connectivity index (χ1n) is 9.37. The van der Waals surface area contributed by atoms with Crippen LogP contribution in [0.15, 0.2) is 54.6 Å². The molecule has 1 aliphatic heterocycles. The number of hydrogen-bond acceptors (Lipinski definition) is 4. The van der Waals surface area contributed by atoms with Crippen LogP contribution in [0.4, 0.5) is 13.2 Å². The van der Waals surface area contributed by atoms with Crippen LogP contribution in [-0.4, -0.2) is 48.2 Å². The van der Waals surface area contributed by atoms with Crippen LogP contribution in [0, 0.1) is 11.3 Å². The van der Waals surface area contributed by atoms with E-state index in [0.717, 1.165) is 5.56 Å². The lowest BCUT2D eigenvalue weighted by molar-refractivity contribution is -0.274. The van der Waals surface area contributed by atoms with Crippen LogP contribution in [0.1, 0.15) is 16.7 Å². The van der Waals surface area contributed by atoms with E-state index in [1.807, 2.05) is 6.07 Å². The molecule has 0 spiro atoms. The van der Waals surface area contributed by atoms with Crippen molar-refractivity contribution < 1.29 is 22.7 Å². The lowest BCUT2D eigenvalue weighted by Gasteiger charge is -2.34. The molecule has 8 heteroatoms. The molecule has 0 aromatic heterocycles. The molecule has 1 heterocycles. The van der Waals surface area contributed by atoms with Crippen molar-refractivity contribution in [2.45, 2.75) is 12.9 Å². The van der Waals surface area contributed by atoms with Crippen molar-refractivity contribution in [3.8, 4) is 11.8 Å². The van der Waals surface area contributed by atoms with Gasteiger partial charge in [-0.3, -0.25) is 9.69 Å². The zero-order valence-corrected chi connectivity index (χ0v) is 16.1. The number of carbonyl (C=O) groups is 1. The van der Waals surface area contributed by atoms with Crippen molar-refractivity contribution >= 4 is 12.0 Å². The van der Waals surface area contributed by atoms with E-state index in [0.29, 0.717) is 43.9 Å². The molecule has 1 fully saturated rings. The second kappa shape index (κ2) is 9.46. The van der Waals surface area contributed by atoms with Crippen LogP contribution in [0.3, 0.4) is 0 Å². The highest BCUT2D eigenvalue weighted by Crippen LogP contribution is 2.23. The first-order chi connectivity index (χ1) is 14.3. The summed E-state index contributed by atoms with van der Waals surface area (Å²) in [5.41, 5.74) is 2.08. The lowest BCUT2D eigenvalue weighted by atomic mass is 10.1. The fraction of sp³-hybridized carbons (Fsp3) is 0.273. The summed E-state index contributed by atoms with van der Waals surface area (Å²) in [5.74, 6) is -0.359. The van der Waals surface area contributed by atoms with Crippen molar-refractivity contribution in [1.29, 1.82) is 5.26 Å². The molecule has 1 saturated heterocycles. The van der Waals surface area contributed by atoms with Gasteiger partial charge in [0.05, 0.1) is 11.6 Å². The molecule has 0 atom stereocenters. The minimum absolute atomic E-state index is 0.115. The van der Waals surface area contributed by atoms with Crippen LogP contribution in [0.5, 0.6) is 5.75 Å². The van der Waals surface area contributed by atoms with Crippen molar-refractivity contribution in [2.24, 2.45) is 0 Å². The minimum Gasteiger partial charge on any atom is -0.406 e. The second-order valence-electron chi connectivity index (χ2n) is 6.83. The molecule has 2 aromatic carbocycles. The van der Waals surface area contributed by atoms with Gasteiger partial charge >= 0.3 is 6.36 Å². The Balaban J connectivity index is 1.49. The number of amides is 1. The summed E-state index contributed by atoms with van der Waals surface area (Å²) in [7, 11) is 0. The maximum absolute atomic E-state index is 12.4. The number of piperazine rings is 1. The SMILES string of the molecule is N#Cc1ccccc1/C=C/C(=O)N1CCN(Cc2ccc(OC(F)(F)F)cc2)CC1. The number of ether oxygens (including phenoxy) is 1. The van der Waals surface area contributed by atoms with Gasteiger partial charge in [0.2, 0.25) is 5.91 Å². The standard InChI is InChI=1S/C22H20F3N3O2/c23-22(24,25)30-20-8-5-17(6-9-20)16-27-11-13-28(14-12-27)21(29)10-7-18-3-1-2-4-19(18)15-26/h1-10H,11-14,16H2/b10-7+. The molecular formula is C22H20F3N3O2. The molecule has 0 aliphatic carbocycles. The highest BCUT2D eigenvalue weighted by Gasteiger charge is 2.31. The number of nitriles is 1. The van der Waals surface area contributed by atoms with E-state index < -0.39 is 6.36 Å². The summed E-state index contributed by atoms with van der Waals surface area (Å²) in [6, 6.07) is 15.0. The molecular weight excluding hydrogens is 395 g/mol. The predicted octanol–water partition coefficient (Wildman–Crippen LogP) is 3.81. The molecule has 3 rings (SSSR count). The van der Waals surface area contributed by atoms with Gasteiger partial charge in [-0.05, 0) is 35.4 Å². The largest absolute Gasteiger partial charge is 0.573 e. The second-order valence-corrected chi connectivity index (χ2v) is 6.83. The fourth-order valence-electron chi connectivity index (χ4n) is 3.19. The smallest absolute Gasteiger partial charge is 0.406 e. The summed E-state index contributed by atoms with van der Waals surface area (Å²) in [6.45, 7) is 3.01. The third-order valence-corrected chi connectivity index (χ3v) is 4.73. The Morgan fingerprint density at radius 2 is 1.73 bits per heavy atom. The highest BCUT2D eigenvalue weighted by atomic mass is 19.4. The lowest BCUT2D eigenvalue weighted by Crippen LogP contribution is -2.47. The number of alkyl halides is 3. The van der Waals surface area contributed by atoms with E-state index in [2.05, 4.69) is 15.7 Å². The first kappa shape index (κ1) is 21.4. The molecule has 1 aliphatic rings. The fourth-order valence-corrected chi connectivity index (χ4v) is 3.19. The summed E-state index contributed by atoms with van der Waals surface area (Å²) in [6.07, 6.45) is -1.57. The average Bonchev–Trinajstić information content (AvgIpc) is 2.73. The molecule has 0 radical (unpaired) electrons. The summed E-state index contributed by atoms with van der Waals surface area (Å²) < 4.78 is 40.5. The van der Waals surface area contributed by atoms with Crippen LogP contribution < -0.4 is 4.74 Å². The van der Waals surface area contributed by atoms with Gasteiger partial charge in [0.1, 0.15) is 5.75 Å². The molecule has 0 saturated carbocycles. The van der Waals surface area contributed by atoms with Gasteiger partial charge in [0.25, 0.3) is 0 Å². The van der Waals surface area contributed by atoms with Gasteiger partial charge in [0.15, 0.2) is 0 Å². The Morgan fingerprint density at radius 3 is 2.37 bits per heavy atom. The Hall–Kier alpha value is -3.31. The van der Waals surface area contributed by atoms with E-state index in [-0.39, 0.29) is 11.7 Å². The van der Waals surface area contributed by atoms with Crippen LogP contribution >= 0.6 is 0 Å². The van der Waals surface area contributed by atoms with E-state index in [1.54, 1.807) is 41.3 Å². The third kappa shape index (κ3) is 6.09. The molecule has 0 N–H and O–H groups in total. The van der Waals surface area contributed by atoms with Gasteiger partial charge in [-0.1, -0.05) is 30.3 Å². The van der Waals surface area contributed by atoms with Gasteiger partial charge in [-0.15, -0.1) is 13.2 Å². The van der Waals surface area contributed by atoms with E-state index in [9.17, 15) is 18.0 Å². The quantitative estimate of drug-likeness (QED) is 0.697. The highest BCUT2D eigenvalue weighted by molar-refractivity contribution is 5.92.